The standard InChI is InChI=1S/C14H17FN2OS/c1-16-13-4-3-10(15)9-12(13)14(17-2)19-11-5-7-18-8-6-11/h3-4,9,11H,1,5-8H2,2H3. The number of nitrogens with zero attached hydrogens (tertiary/aromatic N) is 2. The van der Waals surface area contributed by atoms with Crippen LogP contribution in [0.4, 0.5) is 10.1 Å². The lowest BCUT2D eigenvalue weighted by Crippen LogP contribution is -2.19. The van der Waals surface area contributed by atoms with E-state index in [1.165, 1.54) is 12.1 Å². The van der Waals surface area contributed by atoms with Crippen molar-refractivity contribution < 1.29 is 9.13 Å². The lowest BCUT2D eigenvalue weighted by molar-refractivity contribution is 0.100. The van der Waals surface area contributed by atoms with Gasteiger partial charge in [0.2, 0.25) is 0 Å². The molecular formula is C14H17FN2OS. The van der Waals surface area contributed by atoms with Crippen molar-refractivity contribution >= 4 is 29.2 Å². The third-order valence-corrected chi connectivity index (χ3v) is 4.44. The van der Waals surface area contributed by atoms with Gasteiger partial charge in [-0.1, -0.05) is 0 Å². The molecule has 0 N–H and O–H groups in total. The Morgan fingerprint density at radius 1 is 1.42 bits per heavy atom. The summed E-state index contributed by atoms with van der Waals surface area (Å²) in [5, 5.41) is 1.28. The van der Waals surface area contributed by atoms with Gasteiger partial charge >= 0.3 is 0 Å². The van der Waals surface area contributed by atoms with E-state index in [2.05, 4.69) is 16.7 Å². The molecule has 1 aromatic carbocycles. The number of aliphatic imine (C=N–C) groups is 2. The van der Waals surface area contributed by atoms with Gasteiger partial charge in [0, 0.05) is 31.1 Å². The number of hydrogen-bond acceptors (Lipinski definition) is 4. The second-order valence-electron chi connectivity index (χ2n) is 4.28. The molecule has 1 saturated heterocycles. The molecule has 2 rings (SSSR count). The van der Waals surface area contributed by atoms with Gasteiger partial charge in [0.15, 0.2) is 0 Å². The Hall–Kier alpha value is -1.20. The first kappa shape index (κ1) is 14.2. The van der Waals surface area contributed by atoms with Gasteiger partial charge in [-0.3, -0.25) is 9.98 Å². The molecule has 0 aliphatic carbocycles. The van der Waals surface area contributed by atoms with Crippen molar-refractivity contribution in [1.29, 1.82) is 0 Å². The topological polar surface area (TPSA) is 34.0 Å². The number of hydrogen-bond donors (Lipinski definition) is 0. The van der Waals surface area contributed by atoms with E-state index < -0.39 is 0 Å². The van der Waals surface area contributed by atoms with Crippen LogP contribution in [0.3, 0.4) is 0 Å². The summed E-state index contributed by atoms with van der Waals surface area (Å²) in [6, 6.07) is 4.49. The van der Waals surface area contributed by atoms with Crippen molar-refractivity contribution in [2.24, 2.45) is 9.98 Å². The summed E-state index contributed by atoms with van der Waals surface area (Å²) in [7, 11) is 1.72. The average Bonchev–Trinajstić information content (AvgIpc) is 2.46. The van der Waals surface area contributed by atoms with E-state index in [0.717, 1.165) is 31.1 Å². The zero-order valence-electron chi connectivity index (χ0n) is 10.9. The fourth-order valence-corrected chi connectivity index (χ4v) is 3.15. The fourth-order valence-electron chi connectivity index (χ4n) is 2.01. The van der Waals surface area contributed by atoms with Crippen LogP contribution in [0.25, 0.3) is 0 Å². The van der Waals surface area contributed by atoms with Gasteiger partial charge in [0.05, 0.1) is 10.7 Å². The highest BCUT2D eigenvalue weighted by Crippen LogP contribution is 2.30. The Balaban J connectivity index is 2.21. The van der Waals surface area contributed by atoms with Crippen LogP contribution >= 0.6 is 11.8 Å². The lowest BCUT2D eigenvalue weighted by Gasteiger charge is -2.22. The minimum atomic E-state index is -0.281. The van der Waals surface area contributed by atoms with E-state index >= 15 is 0 Å². The molecule has 1 aromatic rings. The summed E-state index contributed by atoms with van der Waals surface area (Å²) in [4.78, 5) is 8.22. The second-order valence-corrected chi connectivity index (χ2v) is 5.57. The van der Waals surface area contributed by atoms with Crippen molar-refractivity contribution in [3.63, 3.8) is 0 Å². The lowest BCUT2D eigenvalue weighted by atomic mass is 10.2. The Labute approximate surface area is 117 Å². The second kappa shape index (κ2) is 6.82. The van der Waals surface area contributed by atoms with Crippen molar-refractivity contribution in [3.05, 3.63) is 29.6 Å². The number of thioether (sulfide) groups is 1. The molecule has 0 atom stereocenters. The van der Waals surface area contributed by atoms with E-state index in [0.29, 0.717) is 16.5 Å². The molecule has 0 amide bonds. The van der Waals surface area contributed by atoms with Crippen LogP contribution in [-0.4, -0.2) is 37.3 Å². The Morgan fingerprint density at radius 2 is 2.16 bits per heavy atom. The summed E-state index contributed by atoms with van der Waals surface area (Å²) in [5.41, 5.74) is 1.38. The van der Waals surface area contributed by atoms with Gasteiger partial charge in [-0.2, -0.15) is 0 Å². The van der Waals surface area contributed by atoms with E-state index in [1.54, 1.807) is 24.9 Å². The third-order valence-electron chi connectivity index (χ3n) is 3.01. The molecular weight excluding hydrogens is 263 g/mol. The van der Waals surface area contributed by atoms with Crippen molar-refractivity contribution in [3.8, 4) is 0 Å². The molecule has 0 bridgehead atoms. The molecule has 1 heterocycles. The van der Waals surface area contributed by atoms with Crippen LogP contribution in [0.15, 0.2) is 28.2 Å². The van der Waals surface area contributed by atoms with Gasteiger partial charge in [0.25, 0.3) is 0 Å². The molecule has 102 valence electrons. The highest BCUT2D eigenvalue weighted by Gasteiger charge is 2.19. The summed E-state index contributed by atoms with van der Waals surface area (Å²) in [6.45, 7) is 5.09. The number of rotatable bonds is 3. The molecule has 1 fully saturated rings. The monoisotopic (exact) mass is 280 g/mol. The summed E-state index contributed by atoms with van der Waals surface area (Å²) < 4.78 is 18.8. The number of ether oxygens (including phenoxy) is 1. The summed E-state index contributed by atoms with van der Waals surface area (Å²) in [6.07, 6.45) is 1.99. The predicted octanol–water partition coefficient (Wildman–Crippen LogP) is 3.45. The first-order valence-corrected chi connectivity index (χ1v) is 7.10. The first-order chi connectivity index (χ1) is 9.24. The smallest absolute Gasteiger partial charge is 0.124 e. The minimum absolute atomic E-state index is 0.281. The molecule has 1 aliphatic heterocycles. The molecule has 0 unspecified atom stereocenters. The Morgan fingerprint density at radius 3 is 2.79 bits per heavy atom. The third kappa shape index (κ3) is 3.64. The molecule has 0 aromatic heterocycles. The van der Waals surface area contributed by atoms with Gasteiger partial charge in [-0.25, -0.2) is 4.39 Å². The SMILES string of the molecule is C=Nc1ccc(F)cc1C(=NC)SC1CCOCC1. The number of halogens is 1. The van der Waals surface area contributed by atoms with Crippen molar-refractivity contribution in [1.82, 2.24) is 0 Å². The normalized spacial score (nSPS) is 17.5. The van der Waals surface area contributed by atoms with E-state index in [4.69, 9.17) is 4.74 Å². The maximum atomic E-state index is 13.4. The van der Waals surface area contributed by atoms with Gasteiger partial charge in [0.1, 0.15) is 5.82 Å². The molecule has 5 heteroatoms. The molecule has 3 nitrogen and oxygen atoms in total. The van der Waals surface area contributed by atoms with E-state index in [-0.39, 0.29) is 5.82 Å². The van der Waals surface area contributed by atoms with E-state index in [1.807, 2.05) is 0 Å². The Kier molecular flexibility index (Phi) is 5.10. The van der Waals surface area contributed by atoms with Gasteiger partial charge in [-0.15, -0.1) is 11.8 Å². The largest absolute Gasteiger partial charge is 0.381 e. The van der Waals surface area contributed by atoms with Crippen molar-refractivity contribution in [2.45, 2.75) is 18.1 Å². The molecule has 0 saturated carbocycles. The van der Waals surface area contributed by atoms with Crippen LogP contribution in [0.1, 0.15) is 18.4 Å². The number of benzene rings is 1. The van der Waals surface area contributed by atoms with Gasteiger partial charge in [-0.05, 0) is 37.8 Å². The predicted molar refractivity (Wildman–Crippen MR) is 79.5 cm³/mol. The van der Waals surface area contributed by atoms with E-state index in [9.17, 15) is 4.39 Å². The molecule has 0 radical (unpaired) electrons. The maximum Gasteiger partial charge on any atom is 0.124 e. The maximum absolute atomic E-state index is 13.4. The fraction of sp³-hybridized carbons (Fsp3) is 0.429. The van der Waals surface area contributed by atoms with Crippen LogP contribution in [0.5, 0.6) is 0 Å². The zero-order valence-corrected chi connectivity index (χ0v) is 11.8. The zero-order chi connectivity index (χ0) is 13.7. The highest BCUT2D eigenvalue weighted by molar-refractivity contribution is 8.15. The molecule has 0 spiro atoms. The quantitative estimate of drug-likeness (QED) is 0.628. The molecule has 1 aliphatic rings. The minimum Gasteiger partial charge on any atom is -0.381 e. The summed E-state index contributed by atoms with van der Waals surface area (Å²) >= 11 is 1.67. The van der Waals surface area contributed by atoms with Crippen molar-refractivity contribution in [2.75, 3.05) is 20.3 Å². The highest BCUT2D eigenvalue weighted by atomic mass is 32.2. The first-order valence-electron chi connectivity index (χ1n) is 6.22. The summed E-state index contributed by atoms with van der Waals surface area (Å²) in [5.74, 6) is -0.281. The average molecular weight is 280 g/mol. The Bertz CT molecular complexity index is 484. The van der Waals surface area contributed by atoms with Crippen LogP contribution in [-0.2, 0) is 4.74 Å². The van der Waals surface area contributed by atoms with Crippen LogP contribution < -0.4 is 0 Å². The van der Waals surface area contributed by atoms with Crippen LogP contribution in [0, 0.1) is 5.82 Å². The van der Waals surface area contributed by atoms with Crippen LogP contribution in [0.2, 0.25) is 0 Å². The van der Waals surface area contributed by atoms with Gasteiger partial charge < -0.3 is 4.74 Å². The molecule has 19 heavy (non-hydrogen) atoms.